The lowest BCUT2D eigenvalue weighted by Crippen LogP contribution is -2.46. The van der Waals surface area contributed by atoms with Crippen LogP contribution >= 0.6 is 0 Å². The van der Waals surface area contributed by atoms with Crippen molar-refractivity contribution < 1.29 is 29.0 Å². The Hall–Kier alpha value is -3.97. The number of carbonyl (C=O) groups is 3. The average Bonchev–Trinajstić information content (AvgIpc) is 2.99. The van der Waals surface area contributed by atoms with E-state index in [0.29, 0.717) is 12.8 Å². The maximum atomic E-state index is 13.6. The van der Waals surface area contributed by atoms with Crippen molar-refractivity contribution in [2.45, 2.75) is 58.3 Å². The predicted molar refractivity (Wildman–Crippen MR) is 158 cm³/mol. The highest BCUT2D eigenvalue weighted by molar-refractivity contribution is 5.86. The number of carbonyl (C=O) groups excluding carboxylic acids is 3. The summed E-state index contributed by atoms with van der Waals surface area (Å²) in [7, 11) is 1.32. The van der Waals surface area contributed by atoms with Gasteiger partial charge in [-0.05, 0) is 41.9 Å². The van der Waals surface area contributed by atoms with E-state index < -0.39 is 36.0 Å². The first-order valence-corrected chi connectivity index (χ1v) is 14.1. The molecule has 0 fully saturated rings. The van der Waals surface area contributed by atoms with Crippen LogP contribution in [0.2, 0.25) is 0 Å². The minimum absolute atomic E-state index is 0.0183. The zero-order valence-corrected chi connectivity index (χ0v) is 24.1. The summed E-state index contributed by atoms with van der Waals surface area (Å²) in [6.45, 7) is 3.87. The van der Waals surface area contributed by atoms with Crippen LogP contribution in [0.5, 0.6) is 0 Å². The third-order valence-corrected chi connectivity index (χ3v) is 7.31. The van der Waals surface area contributed by atoms with E-state index in [0.717, 1.165) is 16.7 Å². The van der Waals surface area contributed by atoms with Crippen molar-refractivity contribution >= 4 is 17.8 Å². The van der Waals surface area contributed by atoms with Crippen LogP contribution in [0.1, 0.15) is 43.4 Å². The topological polar surface area (TPSA) is 102 Å². The van der Waals surface area contributed by atoms with Gasteiger partial charge in [-0.15, -0.1) is 0 Å². The molecule has 0 aliphatic rings. The summed E-state index contributed by atoms with van der Waals surface area (Å²) in [5.74, 6) is -1.77. The van der Waals surface area contributed by atoms with Gasteiger partial charge >= 0.3 is 12.1 Å². The van der Waals surface area contributed by atoms with Crippen molar-refractivity contribution in [3.63, 3.8) is 0 Å². The number of benzene rings is 3. The van der Waals surface area contributed by atoms with Crippen LogP contribution in [0.3, 0.4) is 0 Å². The largest absolute Gasteiger partial charge is 0.469 e. The number of ketones is 1. The van der Waals surface area contributed by atoms with Gasteiger partial charge in [0.05, 0.1) is 25.2 Å². The van der Waals surface area contributed by atoms with Gasteiger partial charge in [-0.3, -0.25) is 9.59 Å². The van der Waals surface area contributed by atoms with Crippen LogP contribution in [-0.2, 0) is 38.5 Å². The molecule has 0 aliphatic carbocycles. The predicted octanol–water partition coefficient (Wildman–Crippen LogP) is 5.54. The Morgan fingerprint density at radius 1 is 0.780 bits per heavy atom. The standard InChI is InChI=1S/C34H41NO6/c1-24(2)29(33(38)40-3)22-31(36)28(19-25-13-7-4-8-14-25)21-32(37)30(20-26-15-9-5-10-16-26)35-34(39)41-23-27-17-11-6-12-18-27/h4-18,24,28-30,32,37H,19-23H2,1-3H3,(H,35,39)/t28-,29?,30+,32+/m1/s1. The first-order chi connectivity index (χ1) is 19.8. The smallest absolute Gasteiger partial charge is 0.407 e. The number of rotatable bonds is 15. The summed E-state index contributed by atoms with van der Waals surface area (Å²) in [4.78, 5) is 38.9. The van der Waals surface area contributed by atoms with Gasteiger partial charge in [0.25, 0.3) is 0 Å². The van der Waals surface area contributed by atoms with Crippen molar-refractivity contribution in [2.24, 2.45) is 17.8 Å². The van der Waals surface area contributed by atoms with Gasteiger partial charge in [0.2, 0.25) is 0 Å². The third-order valence-electron chi connectivity index (χ3n) is 7.31. The maximum absolute atomic E-state index is 13.6. The number of hydrogen-bond acceptors (Lipinski definition) is 6. The molecule has 3 aromatic rings. The van der Waals surface area contributed by atoms with Gasteiger partial charge in [0, 0.05) is 12.3 Å². The molecule has 2 N–H and O–H groups in total. The summed E-state index contributed by atoms with van der Waals surface area (Å²) in [6, 6.07) is 27.8. The van der Waals surface area contributed by atoms with E-state index in [9.17, 15) is 19.5 Å². The average molecular weight is 560 g/mol. The summed E-state index contributed by atoms with van der Waals surface area (Å²) in [6.07, 6.45) is -0.816. The summed E-state index contributed by atoms with van der Waals surface area (Å²) in [5.41, 5.74) is 2.73. The molecule has 0 bridgehead atoms. The van der Waals surface area contributed by atoms with Gasteiger partial charge in [-0.2, -0.15) is 0 Å². The first-order valence-electron chi connectivity index (χ1n) is 14.1. The van der Waals surface area contributed by atoms with Crippen LogP contribution in [0.25, 0.3) is 0 Å². The van der Waals surface area contributed by atoms with Crippen LogP contribution in [0.4, 0.5) is 4.79 Å². The fourth-order valence-electron chi connectivity index (χ4n) is 4.88. The molecular formula is C34H41NO6. The second kappa shape index (κ2) is 16.3. The van der Waals surface area contributed by atoms with Gasteiger partial charge in [0.15, 0.2) is 0 Å². The Morgan fingerprint density at radius 2 is 1.29 bits per heavy atom. The summed E-state index contributed by atoms with van der Waals surface area (Å²) in [5, 5.41) is 14.3. The Morgan fingerprint density at radius 3 is 1.80 bits per heavy atom. The zero-order chi connectivity index (χ0) is 29.6. The Kier molecular flexibility index (Phi) is 12.6. The lowest BCUT2D eigenvalue weighted by Gasteiger charge is -2.28. The second-order valence-corrected chi connectivity index (χ2v) is 10.7. The Labute approximate surface area is 242 Å². The molecule has 1 unspecified atom stereocenters. The monoisotopic (exact) mass is 559 g/mol. The molecule has 0 heterocycles. The van der Waals surface area contributed by atoms with E-state index in [4.69, 9.17) is 9.47 Å². The molecule has 0 radical (unpaired) electrons. The molecule has 0 saturated heterocycles. The molecule has 7 heteroatoms. The van der Waals surface area contributed by atoms with E-state index in [1.165, 1.54) is 7.11 Å². The minimum atomic E-state index is -1.05. The van der Waals surface area contributed by atoms with Crippen LogP contribution in [-0.4, -0.2) is 42.2 Å². The maximum Gasteiger partial charge on any atom is 0.407 e. The highest BCUT2D eigenvalue weighted by atomic mass is 16.5. The van der Waals surface area contributed by atoms with E-state index >= 15 is 0 Å². The summed E-state index contributed by atoms with van der Waals surface area (Å²) < 4.78 is 10.4. The molecule has 0 aromatic heterocycles. The third kappa shape index (κ3) is 10.5. The fraction of sp³-hybridized carbons (Fsp3) is 0.382. The van der Waals surface area contributed by atoms with Crippen LogP contribution in [0, 0.1) is 17.8 Å². The van der Waals surface area contributed by atoms with Crippen molar-refractivity contribution in [3.05, 3.63) is 108 Å². The molecular weight excluding hydrogens is 518 g/mol. The Bertz CT molecular complexity index is 1220. The van der Waals surface area contributed by atoms with Crippen LogP contribution < -0.4 is 5.32 Å². The number of esters is 1. The van der Waals surface area contributed by atoms with Gasteiger partial charge in [-0.1, -0.05) is 105 Å². The number of Topliss-reactive ketones (excluding diaryl/α,β-unsaturated/α-hetero) is 1. The van der Waals surface area contributed by atoms with E-state index in [-0.39, 0.29) is 31.1 Å². The number of alkyl carbamates (subject to hydrolysis) is 1. The molecule has 4 atom stereocenters. The molecule has 1 amide bonds. The molecule has 7 nitrogen and oxygen atoms in total. The number of amides is 1. The minimum Gasteiger partial charge on any atom is -0.469 e. The van der Waals surface area contributed by atoms with Crippen molar-refractivity contribution in [3.8, 4) is 0 Å². The normalized spacial score (nSPS) is 14.0. The molecule has 218 valence electrons. The zero-order valence-electron chi connectivity index (χ0n) is 24.1. The molecule has 41 heavy (non-hydrogen) atoms. The van der Waals surface area contributed by atoms with Crippen molar-refractivity contribution in [2.75, 3.05) is 7.11 Å². The first kappa shape index (κ1) is 31.6. The second-order valence-electron chi connectivity index (χ2n) is 10.7. The number of aliphatic hydroxyl groups is 1. The molecule has 0 spiro atoms. The lowest BCUT2D eigenvalue weighted by molar-refractivity contribution is -0.149. The number of ether oxygens (including phenoxy) is 2. The molecule has 3 rings (SSSR count). The number of methoxy groups -OCH3 is 1. The number of hydrogen-bond donors (Lipinski definition) is 2. The highest BCUT2D eigenvalue weighted by Gasteiger charge is 2.33. The highest BCUT2D eigenvalue weighted by Crippen LogP contribution is 2.25. The lowest BCUT2D eigenvalue weighted by atomic mass is 9.81. The van der Waals surface area contributed by atoms with E-state index in [1.54, 1.807) is 0 Å². The van der Waals surface area contributed by atoms with Crippen LogP contribution in [0.15, 0.2) is 91.0 Å². The number of aliphatic hydroxyl groups excluding tert-OH is 1. The van der Waals surface area contributed by atoms with Gasteiger partial charge in [0.1, 0.15) is 12.4 Å². The van der Waals surface area contributed by atoms with Gasteiger partial charge in [-0.25, -0.2) is 4.79 Å². The molecule has 3 aromatic carbocycles. The summed E-state index contributed by atoms with van der Waals surface area (Å²) >= 11 is 0. The molecule has 0 saturated carbocycles. The van der Waals surface area contributed by atoms with Gasteiger partial charge < -0.3 is 19.9 Å². The fourth-order valence-corrected chi connectivity index (χ4v) is 4.88. The van der Waals surface area contributed by atoms with E-state index in [1.807, 2.05) is 105 Å². The van der Waals surface area contributed by atoms with Crippen molar-refractivity contribution in [1.29, 1.82) is 0 Å². The molecule has 0 aliphatic heterocycles. The Balaban J connectivity index is 1.79. The number of nitrogens with one attached hydrogen (secondary N) is 1. The van der Waals surface area contributed by atoms with Crippen molar-refractivity contribution in [1.82, 2.24) is 5.32 Å². The SMILES string of the molecule is COC(=O)C(CC(=O)[C@H](Cc1ccccc1)C[C@H](O)[C@H](Cc1ccccc1)NC(=O)OCc1ccccc1)C(C)C. The quantitative estimate of drug-likeness (QED) is 0.237. The van der Waals surface area contributed by atoms with E-state index in [2.05, 4.69) is 5.32 Å².